The van der Waals surface area contributed by atoms with Gasteiger partial charge in [0.2, 0.25) is 5.43 Å². The van der Waals surface area contributed by atoms with E-state index in [2.05, 4.69) is 4.98 Å². The number of pyridine rings is 1. The number of carboxylic acid groups (broad SMARTS) is 1. The minimum Gasteiger partial charge on any atom is -0.477 e. The van der Waals surface area contributed by atoms with Crippen LogP contribution in [-0.2, 0) is 9.53 Å². The maximum Gasteiger partial charge on any atom is 0.341 e. The van der Waals surface area contributed by atoms with Gasteiger partial charge in [-0.05, 0) is 30.7 Å². The zero-order valence-electron chi connectivity index (χ0n) is 11.3. The normalized spacial score (nSPS) is 10.9. The van der Waals surface area contributed by atoms with E-state index in [4.69, 9.17) is 9.84 Å². The average molecular weight is 287 g/mol. The molecule has 0 aliphatic carbocycles. The summed E-state index contributed by atoms with van der Waals surface area (Å²) in [6.07, 6.45) is 3.92. The summed E-state index contributed by atoms with van der Waals surface area (Å²) in [5.74, 6) is -1.77. The number of fused-ring (bicyclic) bond motifs is 1. The number of aromatic carboxylic acids is 1. The van der Waals surface area contributed by atoms with Crippen LogP contribution in [-0.4, -0.2) is 28.6 Å². The van der Waals surface area contributed by atoms with Crippen molar-refractivity contribution >= 4 is 28.9 Å². The Balaban J connectivity index is 2.45. The Morgan fingerprint density at radius 1 is 1.38 bits per heavy atom. The van der Waals surface area contributed by atoms with Gasteiger partial charge in [-0.25, -0.2) is 9.59 Å². The number of carbonyl (C=O) groups is 2. The van der Waals surface area contributed by atoms with Gasteiger partial charge in [-0.2, -0.15) is 0 Å². The first-order valence-corrected chi connectivity index (χ1v) is 6.26. The zero-order valence-corrected chi connectivity index (χ0v) is 11.3. The highest BCUT2D eigenvalue weighted by Crippen LogP contribution is 2.12. The summed E-state index contributed by atoms with van der Waals surface area (Å²) in [4.78, 5) is 37.0. The number of benzene rings is 1. The number of nitrogens with one attached hydrogen (secondary N) is 1. The topological polar surface area (TPSA) is 96.5 Å². The lowest BCUT2D eigenvalue weighted by Gasteiger charge is -2.01. The molecule has 2 aromatic rings. The summed E-state index contributed by atoms with van der Waals surface area (Å²) in [6.45, 7) is 1.98. The van der Waals surface area contributed by atoms with Gasteiger partial charge >= 0.3 is 11.9 Å². The highest BCUT2D eigenvalue weighted by Gasteiger charge is 2.11. The lowest BCUT2D eigenvalue weighted by atomic mass is 10.1. The summed E-state index contributed by atoms with van der Waals surface area (Å²) >= 11 is 0. The van der Waals surface area contributed by atoms with Crippen LogP contribution < -0.4 is 5.43 Å². The molecule has 6 nitrogen and oxygen atoms in total. The lowest BCUT2D eigenvalue weighted by molar-refractivity contribution is -0.137. The molecule has 0 aliphatic heterocycles. The highest BCUT2D eigenvalue weighted by molar-refractivity contribution is 5.93. The number of esters is 1. The largest absolute Gasteiger partial charge is 0.477 e. The Morgan fingerprint density at radius 3 is 2.81 bits per heavy atom. The summed E-state index contributed by atoms with van der Waals surface area (Å²) < 4.78 is 4.75. The molecule has 0 saturated heterocycles. The van der Waals surface area contributed by atoms with Crippen molar-refractivity contribution in [3.8, 4) is 0 Å². The number of ether oxygens (including phenoxy) is 1. The Labute approximate surface area is 119 Å². The summed E-state index contributed by atoms with van der Waals surface area (Å²) in [7, 11) is 0. The van der Waals surface area contributed by atoms with Crippen LogP contribution in [0.15, 0.2) is 35.3 Å². The van der Waals surface area contributed by atoms with Gasteiger partial charge in [0.15, 0.2) is 0 Å². The molecule has 21 heavy (non-hydrogen) atoms. The van der Waals surface area contributed by atoms with E-state index in [1.807, 2.05) is 0 Å². The molecule has 1 aromatic heterocycles. The fraction of sp³-hybridized carbons (Fsp3) is 0.133. The molecule has 1 aromatic carbocycles. The molecule has 0 atom stereocenters. The van der Waals surface area contributed by atoms with E-state index in [9.17, 15) is 14.4 Å². The summed E-state index contributed by atoms with van der Waals surface area (Å²) in [6, 6.07) is 4.87. The van der Waals surface area contributed by atoms with Gasteiger partial charge in [0.25, 0.3) is 0 Å². The van der Waals surface area contributed by atoms with Gasteiger partial charge in [-0.3, -0.25) is 4.79 Å². The summed E-state index contributed by atoms with van der Waals surface area (Å²) in [5, 5.41) is 9.19. The van der Waals surface area contributed by atoms with Crippen molar-refractivity contribution in [1.82, 2.24) is 4.98 Å². The number of H-pyrrole nitrogens is 1. The van der Waals surface area contributed by atoms with E-state index >= 15 is 0 Å². The summed E-state index contributed by atoms with van der Waals surface area (Å²) in [5.41, 5.74) is 0.235. The molecule has 0 bridgehead atoms. The van der Waals surface area contributed by atoms with E-state index in [0.29, 0.717) is 11.1 Å². The van der Waals surface area contributed by atoms with Crippen LogP contribution in [0.5, 0.6) is 0 Å². The van der Waals surface area contributed by atoms with Crippen LogP contribution in [0.3, 0.4) is 0 Å². The molecular weight excluding hydrogens is 274 g/mol. The van der Waals surface area contributed by atoms with Crippen molar-refractivity contribution < 1.29 is 19.4 Å². The minimum atomic E-state index is -1.29. The quantitative estimate of drug-likeness (QED) is 0.660. The number of rotatable bonds is 4. The van der Waals surface area contributed by atoms with E-state index < -0.39 is 17.4 Å². The average Bonchev–Trinajstić information content (AvgIpc) is 2.45. The molecule has 0 radical (unpaired) electrons. The third-order valence-electron chi connectivity index (χ3n) is 2.83. The third kappa shape index (κ3) is 3.17. The molecule has 0 fully saturated rings. The Morgan fingerprint density at radius 2 is 2.14 bits per heavy atom. The van der Waals surface area contributed by atoms with Gasteiger partial charge in [0, 0.05) is 23.2 Å². The number of aromatic nitrogens is 1. The zero-order chi connectivity index (χ0) is 15.4. The molecule has 0 aliphatic rings. The van der Waals surface area contributed by atoms with Gasteiger partial charge in [-0.15, -0.1) is 0 Å². The van der Waals surface area contributed by atoms with Crippen LogP contribution in [0.4, 0.5) is 0 Å². The maximum atomic E-state index is 12.0. The molecular formula is C15H13NO5. The standard InChI is InChI=1S/C15H13NO5/c1-2-21-13(17)6-4-9-3-5-12-10(7-9)14(18)11(8-16-12)15(19)20/h3-8H,2H2,1H3,(H,16,18)(H,19,20). The molecule has 0 saturated carbocycles. The van der Waals surface area contributed by atoms with Crippen molar-refractivity contribution in [2.45, 2.75) is 6.92 Å². The maximum absolute atomic E-state index is 12.0. The van der Waals surface area contributed by atoms with E-state index in [-0.39, 0.29) is 17.6 Å². The minimum absolute atomic E-state index is 0.251. The number of carbonyl (C=O) groups excluding carboxylic acids is 1. The van der Waals surface area contributed by atoms with Crippen LogP contribution in [0.1, 0.15) is 22.8 Å². The first-order valence-electron chi connectivity index (χ1n) is 6.26. The fourth-order valence-corrected chi connectivity index (χ4v) is 1.85. The van der Waals surface area contributed by atoms with E-state index in [0.717, 1.165) is 0 Å². The predicted molar refractivity (Wildman–Crippen MR) is 77.2 cm³/mol. The molecule has 108 valence electrons. The van der Waals surface area contributed by atoms with E-state index in [1.54, 1.807) is 19.1 Å². The monoisotopic (exact) mass is 287 g/mol. The van der Waals surface area contributed by atoms with Crippen LogP contribution in [0, 0.1) is 0 Å². The smallest absolute Gasteiger partial charge is 0.341 e. The van der Waals surface area contributed by atoms with Gasteiger partial charge in [-0.1, -0.05) is 6.07 Å². The van der Waals surface area contributed by atoms with Crippen molar-refractivity contribution in [2.24, 2.45) is 0 Å². The van der Waals surface area contributed by atoms with Crippen LogP contribution in [0.25, 0.3) is 17.0 Å². The molecule has 6 heteroatoms. The Hall–Kier alpha value is -2.89. The second-order valence-electron chi connectivity index (χ2n) is 4.23. The van der Waals surface area contributed by atoms with Crippen LogP contribution >= 0.6 is 0 Å². The molecule has 2 rings (SSSR count). The molecule has 0 amide bonds. The number of hydrogen-bond donors (Lipinski definition) is 2. The number of carboxylic acids is 1. The first kappa shape index (κ1) is 14.5. The predicted octanol–water partition coefficient (Wildman–Crippen LogP) is 1.80. The second-order valence-corrected chi connectivity index (χ2v) is 4.23. The third-order valence-corrected chi connectivity index (χ3v) is 2.83. The second kappa shape index (κ2) is 6.04. The van der Waals surface area contributed by atoms with Crippen molar-refractivity contribution in [2.75, 3.05) is 6.61 Å². The number of hydrogen-bond acceptors (Lipinski definition) is 4. The molecule has 1 heterocycles. The molecule has 0 spiro atoms. The molecule has 0 unspecified atom stereocenters. The first-order chi connectivity index (χ1) is 10.0. The highest BCUT2D eigenvalue weighted by atomic mass is 16.5. The van der Waals surface area contributed by atoms with E-state index in [1.165, 1.54) is 24.4 Å². The van der Waals surface area contributed by atoms with Crippen LogP contribution in [0.2, 0.25) is 0 Å². The van der Waals surface area contributed by atoms with Gasteiger partial charge in [0.1, 0.15) is 5.56 Å². The van der Waals surface area contributed by atoms with Crippen molar-refractivity contribution in [1.29, 1.82) is 0 Å². The lowest BCUT2D eigenvalue weighted by Crippen LogP contribution is -2.15. The Bertz CT molecular complexity index is 788. The SMILES string of the molecule is CCOC(=O)C=Cc1ccc2[nH]cc(C(=O)O)c(=O)c2c1. The van der Waals surface area contributed by atoms with Gasteiger partial charge in [0.05, 0.1) is 6.61 Å². The number of aromatic amines is 1. The molecule has 2 N–H and O–H groups in total. The fourth-order valence-electron chi connectivity index (χ4n) is 1.85. The van der Waals surface area contributed by atoms with Gasteiger partial charge < -0.3 is 14.8 Å². The van der Waals surface area contributed by atoms with Crippen molar-refractivity contribution in [3.05, 3.63) is 51.8 Å². The Kier molecular flexibility index (Phi) is 4.18. The van der Waals surface area contributed by atoms with Crippen molar-refractivity contribution in [3.63, 3.8) is 0 Å².